The molecule has 0 saturated carbocycles. The van der Waals surface area contributed by atoms with Crippen LogP contribution in [0.15, 0.2) is 51.9 Å². The SMILES string of the molecule is O=C(Cc1ccc(F)cc1)N=C1S[C@@H]2CS(=O)(=O)C[C@@H]2N1c1ccc(Br)cc1F. The number of hydrogen-bond donors (Lipinski definition) is 0. The molecule has 2 aliphatic heterocycles. The summed E-state index contributed by atoms with van der Waals surface area (Å²) >= 11 is 4.38. The van der Waals surface area contributed by atoms with Gasteiger partial charge in [-0.1, -0.05) is 39.8 Å². The molecule has 0 spiro atoms. The molecular formula is C19H15BrF2N2O3S2. The number of hydrogen-bond acceptors (Lipinski definition) is 4. The van der Waals surface area contributed by atoms with Crippen LogP contribution in [0.3, 0.4) is 0 Å². The summed E-state index contributed by atoms with van der Waals surface area (Å²) in [5, 5.41) is -0.0383. The van der Waals surface area contributed by atoms with E-state index in [-0.39, 0.29) is 34.0 Å². The predicted octanol–water partition coefficient (Wildman–Crippen LogP) is 3.57. The molecule has 0 aliphatic carbocycles. The molecule has 2 fully saturated rings. The molecule has 4 rings (SSSR count). The van der Waals surface area contributed by atoms with Crippen molar-refractivity contribution < 1.29 is 22.0 Å². The van der Waals surface area contributed by atoms with Crippen molar-refractivity contribution in [2.75, 3.05) is 16.4 Å². The Balaban J connectivity index is 1.66. The Morgan fingerprint density at radius 3 is 2.59 bits per heavy atom. The maximum atomic E-state index is 14.6. The van der Waals surface area contributed by atoms with Crippen LogP contribution in [0.5, 0.6) is 0 Å². The average molecular weight is 501 g/mol. The third kappa shape index (κ3) is 4.39. The van der Waals surface area contributed by atoms with Gasteiger partial charge < -0.3 is 4.90 Å². The molecule has 2 heterocycles. The number of anilines is 1. The number of thioether (sulfide) groups is 1. The van der Waals surface area contributed by atoms with E-state index in [9.17, 15) is 22.0 Å². The van der Waals surface area contributed by atoms with Gasteiger partial charge in [-0.25, -0.2) is 17.2 Å². The van der Waals surface area contributed by atoms with Crippen molar-refractivity contribution in [2.24, 2.45) is 4.99 Å². The molecule has 0 N–H and O–H groups in total. The molecule has 2 saturated heterocycles. The molecular weight excluding hydrogens is 486 g/mol. The summed E-state index contributed by atoms with van der Waals surface area (Å²) < 4.78 is 52.4. The maximum absolute atomic E-state index is 14.6. The van der Waals surface area contributed by atoms with E-state index in [4.69, 9.17) is 0 Å². The Kier molecular flexibility index (Phi) is 5.52. The van der Waals surface area contributed by atoms with Crippen LogP contribution in [0.25, 0.3) is 0 Å². The summed E-state index contributed by atoms with van der Waals surface area (Å²) in [6.45, 7) is 0. The minimum atomic E-state index is -3.24. The fourth-order valence-electron chi connectivity index (χ4n) is 3.45. The number of sulfone groups is 1. The van der Waals surface area contributed by atoms with Crippen molar-refractivity contribution in [1.29, 1.82) is 0 Å². The number of carbonyl (C=O) groups is 1. The minimum absolute atomic E-state index is 0.0331. The lowest BCUT2D eigenvalue weighted by atomic mass is 10.1. The number of amidine groups is 1. The summed E-state index contributed by atoms with van der Waals surface area (Å²) in [4.78, 5) is 18.1. The summed E-state index contributed by atoms with van der Waals surface area (Å²) in [7, 11) is -3.24. The van der Waals surface area contributed by atoms with Gasteiger partial charge in [-0.15, -0.1) is 0 Å². The number of carbonyl (C=O) groups excluding carboxylic acids is 1. The molecule has 29 heavy (non-hydrogen) atoms. The normalized spacial score (nSPS) is 24.1. The highest BCUT2D eigenvalue weighted by Gasteiger charge is 2.50. The smallest absolute Gasteiger partial charge is 0.252 e. The lowest BCUT2D eigenvalue weighted by Crippen LogP contribution is -2.38. The number of nitrogens with zero attached hydrogens (tertiary/aromatic N) is 2. The molecule has 2 atom stereocenters. The third-order valence-electron chi connectivity index (χ3n) is 4.72. The van der Waals surface area contributed by atoms with E-state index >= 15 is 0 Å². The number of aliphatic imine (C=N–C) groups is 1. The van der Waals surface area contributed by atoms with E-state index in [0.717, 1.165) is 0 Å². The molecule has 2 aliphatic rings. The van der Waals surface area contributed by atoms with Crippen LogP contribution in [0.2, 0.25) is 0 Å². The van der Waals surface area contributed by atoms with E-state index in [2.05, 4.69) is 20.9 Å². The molecule has 0 unspecified atom stereocenters. The van der Waals surface area contributed by atoms with Crippen LogP contribution < -0.4 is 4.90 Å². The van der Waals surface area contributed by atoms with Gasteiger partial charge in [0, 0.05) is 9.72 Å². The van der Waals surface area contributed by atoms with Crippen LogP contribution in [0.1, 0.15) is 5.56 Å². The van der Waals surface area contributed by atoms with E-state index < -0.39 is 33.4 Å². The van der Waals surface area contributed by atoms with E-state index in [0.29, 0.717) is 10.0 Å². The molecule has 5 nitrogen and oxygen atoms in total. The van der Waals surface area contributed by atoms with Crippen LogP contribution >= 0.6 is 27.7 Å². The molecule has 0 bridgehead atoms. The standard InChI is InChI=1S/C19H15BrF2N2O3S2/c20-12-3-6-15(14(22)8-12)24-16-9-29(26,27)10-17(16)28-19(24)23-18(25)7-11-1-4-13(21)5-2-11/h1-6,8,16-17H,7,9-10H2/t16-,17+/m0/s1. The predicted molar refractivity (Wildman–Crippen MR) is 113 cm³/mol. The number of benzene rings is 2. The Morgan fingerprint density at radius 1 is 1.17 bits per heavy atom. The first-order valence-electron chi connectivity index (χ1n) is 8.69. The van der Waals surface area contributed by atoms with E-state index in [1.54, 1.807) is 6.07 Å². The van der Waals surface area contributed by atoms with Gasteiger partial charge in [-0.3, -0.25) is 4.79 Å². The van der Waals surface area contributed by atoms with Gasteiger partial charge in [0.2, 0.25) is 0 Å². The topological polar surface area (TPSA) is 66.8 Å². The van der Waals surface area contributed by atoms with Gasteiger partial charge in [0.25, 0.3) is 5.91 Å². The number of fused-ring (bicyclic) bond motifs is 1. The number of halogens is 3. The zero-order valence-corrected chi connectivity index (χ0v) is 18.1. The average Bonchev–Trinajstić information content (AvgIpc) is 3.08. The van der Waals surface area contributed by atoms with Gasteiger partial charge in [-0.05, 0) is 35.9 Å². The van der Waals surface area contributed by atoms with Crippen LogP contribution in [0, 0.1) is 11.6 Å². The van der Waals surface area contributed by atoms with Crippen LogP contribution in [-0.2, 0) is 21.1 Å². The summed E-state index contributed by atoms with van der Waals surface area (Å²) in [5.41, 5.74) is 0.784. The lowest BCUT2D eigenvalue weighted by molar-refractivity contribution is -0.117. The highest BCUT2D eigenvalue weighted by molar-refractivity contribution is 9.10. The van der Waals surface area contributed by atoms with Gasteiger partial charge in [0.05, 0.1) is 29.7 Å². The second-order valence-electron chi connectivity index (χ2n) is 6.86. The molecule has 1 amide bonds. The van der Waals surface area contributed by atoms with Gasteiger partial charge in [0.1, 0.15) is 11.6 Å². The third-order valence-corrected chi connectivity index (χ3v) is 8.43. The summed E-state index contributed by atoms with van der Waals surface area (Å²) in [6, 6.07) is 9.51. The largest absolute Gasteiger partial charge is 0.313 e. The monoisotopic (exact) mass is 500 g/mol. The molecule has 2 aromatic carbocycles. The fraction of sp³-hybridized carbons (Fsp3) is 0.263. The Morgan fingerprint density at radius 2 is 1.90 bits per heavy atom. The van der Waals surface area contributed by atoms with Gasteiger partial charge >= 0.3 is 0 Å². The molecule has 152 valence electrons. The van der Waals surface area contributed by atoms with Gasteiger partial charge in [-0.2, -0.15) is 4.99 Å². The Hall–Kier alpha value is -1.78. The first-order valence-corrected chi connectivity index (χ1v) is 12.2. The van der Waals surface area contributed by atoms with Crippen molar-refractivity contribution in [1.82, 2.24) is 0 Å². The number of rotatable bonds is 3. The molecule has 0 radical (unpaired) electrons. The van der Waals surface area contributed by atoms with Gasteiger partial charge in [0.15, 0.2) is 15.0 Å². The van der Waals surface area contributed by atoms with E-state index in [1.165, 1.54) is 53.1 Å². The van der Waals surface area contributed by atoms with E-state index in [1.807, 2.05) is 0 Å². The minimum Gasteiger partial charge on any atom is -0.313 e. The summed E-state index contributed by atoms with van der Waals surface area (Å²) in [6.07, 6.45) is -0.0331. The van der Waals surface area contributed by atoms with Crippen LogP contribution in [-0.4, -0.2) is 42.3 Å². The Labute approximate surface area is 179 Å². The first-order chi connectivity index (χ1) is 13.7. The zero-order chi connectivity index (χ0) is 20.8. The van der Waals surface area contributed by atoms with Crippen molar-refractivity contribution in [3.8, 4) is 0 Å². The zero-order valence-electron chi connectivity index (χ0n) is 14.9. The van der Waals surface area contributed by atoms with Crippen molar-refractivity contribution in [3.05, 3.63) is 64.1 Å². The van der Waals surface area contributed by atoms with Crippen molar-refractivity contribution in [3.63, 3.8) is 0 Å². The second kappa shape index (κ2) is 7.81. The highest BCUT2D eigenvalue weighted by Crippen LogP contribution is 2.42. The number of amides is 1. The quantitative estimate of drug-likeness (QED) is 0.644. The highest BCUT2D eigenvalue weighted by atomic mass is 79.9. The molecule has 10 heteroatoms. The summed E-state index contributed by atoms with van der Waals surface area (Å²) in [5.74, 6) is -1.56. The van der Waals surface area contributed by atoms with Crippen molar-refractivity contribution >= 4 is 54.3 Å². The lowest BCUT2D eigenvalue weighted by Gasteiger charge is -2.25. The van der Waals surface area contributed by atoms with Crippen molar-refractivity contribution in [2.45, 2.75) is 17.7 Å². The second-order valence-corrected chi connectivity index (χ2v) is 11.1. The van der Waals surface area contributed by atoms with Crippen LogP contribution in [0.4, 0.5) is 14.5 Å². The maximum Gasteiger partial charge on any atom is 0.252 e. The molecule has 0 aromatic heterocycles. The Bertz CT molecular complexity index is 1110. The first kappa shape index (κ1) is 20.5. The fourth-order valence-corrected chi connectivity index (χ4v) is 7.70. The molecule has 2 aromatic rings.